The van der Waals surface area contributed by atoms with Crippen molar-refractivity contribution in [3.05, 3.63) is 30.3 Å². The molecule has 1 N–H and O–H groups in total. The fourth-order valence-corrected chi connectivity index (χ4v) is 3.63. The van der Waals surface area contributed by atoms with Crippen LogP contribution in [0.15, 0.2) is 23.3 Å². The summed E-state index contributed by atoms with van der Waals surface area (Å²) < 4.78 is 0. The van der Waals surface area contributed by atoms with Gasteiger partial charge in [-0.2, -0.15) is 7.05 Å². The summed E-state index contributed by atoms with van der Waals surface area (Å²) in [5, 5.41) is 0. The standard InChI is InChI=1S/C14H21N/c1-15-10-8-14(9-11-15)7-6-12-4-2-3-5-13(12)14/h4-5,15H,1-3,6-11H2. The Labute approximate surface area is 92.8 Å². The molecule has 2 fully saturated rings. The van der Waals surface area contributed by atoms with Gasteiger partial charge in [0, 0.05) is 18.3 Å². The van der Waals surface area contributed by atoms with Crippen molar-refractivity contribution in [3.63, 3.8) is 0 Å². The lowest BCUT2D eigenvalue weighted by atomic mass is 9.72. The molecule has 3 aliphatic rings. The van der Waals surface area contributed by atoms with E-state index in [1.54, 1.807) is 11.1 Å². The number of fused-ring (bicyclic) bond motifs is 2. The molecule has 1 heterocycles. The van der Waals surface area contributed by atoms with Gasteiger partial charge in [-0.1, -0.05) is 12.2 Å². The molecule has 0 unspecified atom stereocenters. The van der Waals surface area contributed by atoms with Crippen molar-refractivity contribution in [2.45, 2.75) is 38.5 Å². The lowest BCUT2D eigenvalue weighted by molar-refractivity contribution is -0.861. The van der Waals surface area contributed by atoms with Crippen molar-refractivity contribution < 1.29 is 4.90 Å². The van der Waals surface area contributed by atoms with E-state index in [0.717, 1.165) is 0 Å². The van der Waals surface area contributed by atoms with E-state index in [2.05, 4.69) is 19.2 Å². The molecule has 0 aromatic heterocycles. The van der Waals surface area contributed by atoms with Gasteiger partial charge in [-0.25, -0.2) is 0 Å². The molecule has 1 saturated heterocycles. The molecule has 3 rings (SSSR count). The van der Waals surface area contributed by atoms with Crippen LogP contribution >= 0.6 is 0 Å². The predicted octanol–water partition coefficient (Wildman–Crippen LogP) is 1.88. The molecule has 1 nitrogen and oxygen atoms in total. The van der Waals surface area contributed by atoms with Crippen LogP contribution in [0, 0.1) is 12.5 Å². The Balaban J connectivity index is 1.88. The maximum atomic E-state index is 4.14. The highest BCUT2D eigenvalue weighted by atomic mass is 15.1. The third kappa shape index (κ3) is 1.48. The van der Waals surface area contributed by atoms with E-state index in [0.29, 0.717) is 5.41 Å². The lowest BCUT2D eigenvalue weighted by Crippen LogP contribution is -3.08. The zero-order valence-electron chi connectivity index (χ0n) is 9.52. The fourth-order valence-electron chi connectivity index (χ4n) is 3.63. The molecule has 0 amide bonds. The summed E-state index contributed by atoms with van der Waals surface area (Å²) in [7, 11) is 4.14. The van der Waals surface area contributed by atoms with Crippen LogP contribution < -0.4 is 4.90 Å². The van der Waals surface area contributed by atoms with Crippen LogP contribution in [-0.4, -0.2) is 13.1 Å². The summed E-state index contributed by atoms with van der Waals surface area (Å²) in [4.78, 5) is 1.48. The summed E-state index contributed by atoms with van der Waals surface area (Å²) in [6, 6.07) is 0. The molecule has 15 heavy (non-hydrogen) atoms. The van der Waals surface area contributed by atoms with Crippen molar-refractivity contribution in [1.29, 1.82) is 0 Å². The Morgan fingerprint density at radius 3 is 2.60 bits per heavy atom. The minimum atomic E-state index is 0.577. The van der Waals surface area contributed by atoms with Crippen LogP contribution in [0.5, 0.6) is 0 Å². The Bertz CT molecular complexity index is 316. The molecule has 0 aromatic carbocycles. The summed E-state index contributed by atoms with van der Waals surface area (Å²) in [6.07, 6.45) is 13.1. The number of quaternary nitrogens is 1. The highest BCUT2D eigenvalue weighted by Crippen LogP contribution is 2.52. The SMILES string of the molecule is [CH2-][NH+]1CCC2(CCC3=CCCC=C32)CC1. The molecule has 0 aromatic rings. The van der Waals surface area contributed by atoms with Gasteiger partial charge in [0.15, 0.2) is 0 Å². The first-order valence-electron chi connectivity index (χ1n) is 6.37. The van der Waals surface area contributed by atoms with Crippen LogP contribution in [0.25, 0.3) is 0 Å². The second-order valence-corrected chi connectivity index (χ2v) is 5.45. The maximum Gasteiger partial charge on any atom is 0.0538 e. The van der Waals surface area contributed by atoms with E-state index >= 15 is 0 Å². The van der Waals surface area contributed by atoms with Crippen LogP contribution in [0.1, 0.15) is 38.5 Å². The van der Waals surface area contributed by atoms with Gasteiger partial charge >= 0.3 is 0 Å². The summed E-state index contributed by atoms with van der Waals surface area (Å²) >= 11 is 0. The smallest absolute Gasteiger partial charge is 0.0538 e. The average molecular weight is 203 g/mol. The number of allylic oxidation sites excluding steroid dienone is 4. The summed E-state index contributed by atoms with van der Waals surface area (Å²) in [5.74, 6) is 0. The molecule has 0 atom stereocenters. The molecule has 0 bridgehead atoms. The van der Waals surface area contributed by atoms with Crippen LogP contribution in [-0.2, 0) is 0 Å². The van der Waals surface area contributed by atoms with Crippen molar-refractivity contribution in [3.8, 4) is 0 Å². The van der Waals surface area contributed by atoms with Gasteiger partial charge in [0.2, 0.25) is 0 Å². The molecule has 82 valence electrons. The number of hydrogen-bond acceptors (Lipinski definition) is 0. The van der Waals surface area contributed by atoms with Gasteiger partial charge in [-0.05, 0) is 36.8 Å². The first-order valence-corrected chi connectivity index (χ1v) is 6.37. The van der Waals surface area contributed by atoms with E-state index in [9.17, 15) is 0 Å². The van der Waals surface area contributed by atoms with Crippen molar-refractivity contribution in [2.24, 2.45) is 5.41 Å². The van der Waals surface area contributed by atoms with Gasteiger partial charge in [0.25, 0.3) is 0 Å². The second kappa shape index (κ2) is 3.48. The number of rotatable bonds is 0. The Hall–Kier alpha value is -0.560. The number of hydrogen-bond donors (Lipinski definition) is 1. The topological polar surface area (TPSA) is 4.44 Å². The van der Waals surface area contributed by atoms with Crippen LogP contribution in [0.2, 0.25) is 0 Å². The zero-order valence-corrected chi connectivity index (χ0v) is 9.52. The third-order valence-corrected chi connectivity index (χ3v) is 4.61. The quantitative estimate of drug-likeness (QED) is 0.573. The molecule has 1 heteroatoms. The van der Waals surface area contributed by atoms with Gasteiger partial charge < -0.3 is 4.90 Å². The van der Waals surface area contributed by atoms with Crippen LogP contribution in [0.4, 0.5) is 0 Å². The Morgan fingerprint density at radius 2 is 1.80 bits per heavy atom. The normalized spacial score (nSPS) is 39.9. The minimum absolute atomic E-state index is 0.577. The van der Waals surface area contributed by atoms with Crippen molar-refractivity contribution >= 4 is 0 Å². The van der Waals surface area contributed by atoms with Gasteiger partial charge in [0.1, 0.15) is 0 Å². The van der Waals surface area contributed by atoms with E-state index < -0.39 is 0 Å². The van der Waals surface area contributed by atoms with Gasteiger partial charge in [-0.3, -0.25) is 0 Å². The molecular formula is C14H21N. The van der Waals surface area contributed by atoms with E-state index in [4.69, 9.17) is 0 Å². The molecule has 1 aliphatic heterocycles. The molecule has 2 aliphatic carbocycles. The number of piperidine rings is 1. The second-order valence-electron chi connectivity index (χ2n) is 5.45. The Kier molecular flexibility index (Phi) is 2.24. The van der Waals surface area contributed by atoms with Crippen LogP contribution in [0.3, 0.4) is 0 Å². The Morgan fingerprint density at radius 1 is 1.07 bits per heavy atom. The van der Waals surface area contributed by atoms with E-state index in [1.807, 2.05) is 0 Å². The van der Waals surface area contributed by atoms with Gasteiger partial charge in [-0.15, -0.1) is 0 Å². The van der Waals surface area contributed by atoms with Crippen molar-refractivity contribution in [2.75, 3.05) is 13.1 Å². The number of likely N-dealkylation sites (tertiary alicyclic amines) is 1. The van der Waals surface area contributed by atoms with Gasteiger partial charge in [0.05, 0.1) is 13.1 Å². The largest absolute Gasteiger partial charge is 0.468 e. The predicted molar refractivity (Wildman–Crippen MR) is 62.4 cm³/mol. The number of nitrogens with one attached hydrogen (secondary N) is 1. The maximum absolute atomic E-state index is 4.14. The van der Waals surface area contributed by atoms with E-state index in [-0.39, 0.29) is 0 Å². The highest BCUT2D eigenvalue weighted by molar-refractivity contribution is 5.43. The highest BCUT2D eigenvalue weighted by Gasteiger charge is 2.43. The molecule has 0 radical (unpaired) electrons. The van der Waals surface area contributed by atoms with E-state index in [1.165, 1.54) is 56.5 Å². The zero-order chi connectivity index (χ0) is 10.3. The van der Waals surface area contributed by atoms with Crippen molar-refractivity contribution in [1.82, 2.24) is 0 Å². The molecular weight excluding hydrogens is 182 g/mol. The first kappa shape index (κ1) is 9.65. The molecule has 1 saturated carbocycles. The minimum Gasteiger partial charge on any atom is -0.468 e. The third-order valence-electron chi connectivity index (χ3n) is 4.61. The lowest BCUT2D eigenvalue weighted by Gasteiger charge is -2.40. The monoisotopic (exact) mass is 203 g/mol. The first-order chi connectivity index (χ1) is 7.30. The fraction of sp³-hybridized carbons (Fsp3) is 0.643. The molecule has 1 spiro atoms. The summed E-state index contributed by atoms with van der Waals surface area (Å²) in [5.41, 5.74) is 4.00. The average Bonchev–Trinajstić information content (AvgIpc) is 2.63. The summed E-state index contributed by atoms with van der Waals surface area (Å²) in [6.45, 7) is 2.54.